The molecule has 1 aliphatic heterocycles. The number of amides is 1. The molecule has 0 unspecified atom stereocenters. The van der Waals surface area contributed by atoms with Crippen LogP contribution >= 0.6 is 0 Å². The highest BCUT2D eigenvalue weighted by atomic mass is 19.1. The second kappa shape index (κ2) is 7.72. The fourth-order valence-corrected chi connectivity index (χ4v) is 3.40. The molecule has 0 aliphatic carbocycles. The van der Waals surface area contributed by atoms with Crippen LogP contribution in [0.5, 0.6) is 0 Å². The Morgan fingerprint density at radius 3 is 2.70 bits per heavy atom. The van der Waals surface area contributed by atoms with Crippen molar-refractivity contribution in [3.63, 3.8) is 0 Å². The van der Waals surface area contributed by atoms with E-state index in [-0.39, 0.29) is 11.1 Å². The van der Waals surface area contributed by atoms with E-state index in [4.69, 9.17) is 0 Å². The van der Waals surface area contributed by atoms with Crippen molar-refractivity contribution in [1.82, 2.24) is 14.5 Å². The van der Waals surface area contributed by atoms with Gasteiger partial charge in [-0.15, -0.1) is 0 Å². The van der Waals surface area contributed by atoms with Crippen molar-refractivity contribution in [1.29, 1.82) is 0 Å². The molecule has 0 saturated carbocycles. The van der Waals surface area contributed by atoms with E-state index in [1.165, 1.54) is 23.1 Å². The monoisotopic (exact) mass is 410 g/mol. The largest absolute Gasteiger partial charge is 0.391 e. The third kappa shape index (κ3) is 3.46. The number of aromatic nitrogens is 2. The topological polar surface area (TPSA) is 61.6 Å². The van der Waals surface area contributed by atoms with Crippen molar-refractivity contribution in [2.24, 2.45) is 0 Å². The van der Waals surface area contributed by atoms with Crippen LogP contribution in [0.1, 0.15) is 21.7 Å². The van der Waals surface area contributed by atoms with Crippen LogP contribution < -0.4 is 4.90 Å². The Balaban J connectivity index is 1.63. The Labute approximate surface area is 172 Å². The van der Waals surface area contributed by atoms with E-state index in [2.05, 4.69) is 4.98 Å². The first-order valence-corrected chi connectivity index (χ1v) is 9.31. The molecule has 30 heavy (non-hydrogen) atoms. The predicted molar refractivity (Wildman–Crippen MR) is 109 cm³/mol. The Morgan fingerprint density at radius 1 is 1.20 bits per heavy atom. The number of hydrogen-bond acceptors (Lipinski definition) is 4. The Hall–Kier alpha value is -3.52. The van der Waals surface area contributed by atoms with Gasteiger partial charge in [0.1, 0.15) is 24.1 Å². The molecule has 4 rings (SSSR count). The van der Waals surface area contributed by atoms with Crippen LogP contribution in [0.2, 0.25) is 0 Å². The van der Waals surface area contributed by atoms with Crippen molar-refractivity contribution in [3.05, 3.63) is 77.4 Å². The van der Waals surface area contributed by atoms with Crippen LogP contribution in [0.15, 0.2) is 48.8 Å². The second-order valence-electron chi connectivity index (χ2n) is 7.17. The average molecular weight is 410 g/mol. The lowest BCUT2D eigenvalue weighted by atomic mass is 10.1. The summed E-state index contributed by atoms with van der Waals surface area (Å²) in [4.78, 5) is 19.7. The molecule has 0 fully saturated rings. The van der Waals surface area contributed by atoms with Crippen molar-refractivity contribution < 1.29 is 18.7 Å². The average Bonchev–Trinajstić information content (AvgIpc) is 3.16. The summed E-state index contributed by atoms with van der Waals surface area (Å²) in [5, 5.41) is 9.53. The number of aliphatic hydroxyl groups excluding tert-OH is 1. The van der Waals surface area contributed by atoms with Crippen LogP contribution in [0.3, 0.4) is 0 Å². The summed E-state index contributed by atoms with van der Waals surface area (Å²) in [6.07, 6.45) is 5.30. The molecule has 154 valence electrons. The number of halogens is 2. The Kier molecular flexibility index (Phi) is 5.09. The summed E-state index contributed by atoms with van der Waals surface area (Å²) in [6, 6.07) is 9.04. The van der Waals surface area contributed by atoms with Crippen LogP contribution in [-0.4, -0.2) is 39.6 Å². The lowest BCUT2D eigenvalue weighted by Gasteiger charge is -2.26. The summed E-state index contributed by atoms with van der Waals surface area (Å²) < 4.78 is 30.3. The second-order valence-corrected chi connectivity index (χ2v) is 7.17. The smallest absolute Gasteiger partial charge is 0.256 e. The van der Waals surface area contributed by atoms with Crippen LogP contribution in [0.4, 0.5) is 14.5 Å². The van der Waals surface area contributed by atoms with E-state index in [1.807, 2.05) is 4.57 Å². The fraction of sp³-hybridized carbons (Fsp3) is 0.182. The van der Waals surface area contributed by atoms with Gasteiger partial charge in [-0.1, -0.05) is 12.1 Å². The van der Waals surface area contributed by atoms with Gasteiger partial charge < -0.3 is 19.5 Å². The molecule has 0 radical (unpaired) electrons. The van der Waals surface area contributed by atoms with Gasteiger partial charge in [-0.25, -0.2) is 13.8 Å². The normalized spacial score (nSPS) is 12.8. The highest BCUT2D eigenvalue weighted by molar-refractivity contribution is 5.94. The lowest BCUT2D eigenvalue weighted by Crippen LogP contribution is -2.25. The molecule has 1 amide bonds. The molecule has 1 aromatic heterocycles. The van der Waals surface area contributed by atoms with Gasteiger partial charge in [-0.2, -0.15) is 0 Å². The van der Waals surface area contributed by atoms with Crippen molar-refractivity contribution >= 4 is 17.7 Å². The van der Waals surface area contributed by atoms with Crippen molar-refractivity contribution in [2.75, 3.05) is 19.0 Å². The number of carbonyl (C=O) groups excluding carboxylic acids is 1. The van der Waals surface area contributed by atoms with E-state index in [1.54, 1.807) is 55.7 Å². The number of carbonyl (C=O) groups is 1. The molecule has 0 atom stereocenters. The molecular weight excluding hydrogens is 390 g/mol. The van der Waals surface area contributed by atoms with Gasteiger partial charge >= 0.3 is 0 Å². The minimum atomic E-state index is -0.610. The first-order chi connectivity index (χ1) is 14.4. The van der Waals surface area contributed by atoms with Gasteiger partial charge in [-0.3, -0.25) is 4.79 Å². The molecule has 8 heteroatoms. The molecule has 0 bridgehead atoms. The summed E-state index contributed by atoms with van der Waals surface area (Å²) in [7, 11) is 3.13. The quantitative estimate of drug-likeness (QED) is 0.716. The standard InChI is InChI=1S/C22H20F2N4O2/c1-26(2)22(30)15-7-6-14(10-18(15)24)19-11-28-13-27(9-8-21(28)25-19)20-5-3-4-17(23)16(20)12-29/h3-11,29H,12-13H2,1-2H3. The number of fused-ring (bicyclic) bond motifs is 1. The Bertz CT molecular complexity index is 1150. The van der Waals surface area contributed by atoms with E-state index in [9.17, 15) is 18.7 Å². The number of hydrogen-bond donors (Lipinski definition) is 1. The molecule has 2 aromatic carbocycles. The summed E-state index contributed by atoms with van der Waals surface area (Å²) in [5.74, 6) is -0.821. The van der Waals surface area contributed by atoms with Crippen molar-refractivity contribution in [3.8, 4) is 11.3 Å². The number of anilines is 1. The molecule has 6 nitrogen and oxygen atoms in total. The van der Waals surface area contributed by atoms with Gasteiger partial charge in [0.05, 0.1) is 23.6 Å². The van der Waals surface area contributed by atoms with Gasteiger partial charge in [0.25, 0.3) is 5.91 Å². The first kappa shape index (κ1) is 19.8. The number of nitrogens with zero attached hydrogens (tertiary/aromatic N) is 4. The molecule has 1 aliphatic rings. The number of benzene rings is 2. The maximum absolute atomic E-state index is 14.5. The number of imidazole rings is 1. The van der Waals surface area contributed by atoms with Gasteiger partial charge in [0.15, 0.2) is 0 Å². The van der Waals surface area contributed by atoms with E-state index in [0.717, 1.165) is 0 Å². The van der Waals surface area contributed by atoms with Crippen LogP contribution in [0.25, 0.3) is 17.3 Å². The van der Waals surface area contributed by atoms with E-state index >= 15 is 0 Å². The summed E-state index contributed by atoms with van der Waals surface area (Å²) in [5.41, 5.74) is 1.88. The van der Waals surface area contributed by atoms with Crippen molar-refractivity contribution in [2.45, 2.75) is 13.3 Å². The molecule has 0 spiro atoms. The molecule has 2 heterocycles. The maximum atomic E-state index is 14.5. The van der Waals surface area contributed by atoms with E-state index < -0.39 is 24.1 Å². The van der Waals surface area contributed by atoms with Gasteiger partial charge in [0.2, 0.25) is 0 Å². The molecule has 0 saturated heterocycles. The third-order valence-corrected chi connectivity index (χ3v) is 4.98. The molecular formula is C22H20F2N4O2. The highest BCUT2D eigenvalue weighted by Crippen LogP contribution is 2.29. The SMILES string of the molecule is CN(C)C(=O)c1ccc(-c2cn3c(n2)C=CN(c2cccc(F)c2CO)C3)cc1F. The molecule has 3 aromatic rings. The van der Waals surface area contributed by atoms with E-state index in [0.29, 0.717) is 29.4 Å². The zero-order valence-corrected chi connectivity index (χ0v) is 16.5. The minimum Gasteiger partial charge on any atom is -0.391 e. The third-order valence-electron chi connectivity index (χ3n) is 4.98. The van der Waals surface area contributed by atoms with Gasteiger partial charge in [-0.05, 0) is 30.3 Å². The number of rotatable bonds is 4. The zero-order chi connectivity index (χ0) is 21.4. The Morgan fingerprint density at radius 2 is 2.00 bits per heavy atom. The highest BCUT2D eigenvalue weighted by Gasteiger charge is 2.20. The zero-order valence-electron chi connectivity index (χ0n) is 16.5. The van der Waals surface area contributed by atoms with Gasteiger partial charge in [0, 0.05) is 37.6 Å². The number of aliphatic hydroxyl groups is 1. The minimum absolute atomic E-state index is 0.00132. The predicted octanol–water partition coefficient (Wildman–Crippen LogP) is 3.47. The maximum Gasteiger partial charge on any atom is 0.256 e. The molecule has 1 N–H and O–H groups in total. The van der Waals surface area contributed by atoms with Crippen LogP contribution in [0, 0.1) is 11.6 Å². The first-order valence-electron chi connectivity index (χ1n) is 9.31. The summed E-state index contributed by atoms with van der Waals surface area (Å²) in [6.45, 7) is -0.0549. The van der Waals surface area contributed by atoms with Crippen LogP contribution in [-0.2, 0) is 13.3 Å². The summed E-state index contributed by atoms with van der Waals surface area (Å²) >= 11 is 0. The fourth-order valence-electron chi connectivity index (χ4n) is 3.40. The lowest BCUT2D eigenvalue weighted by molar-refractivity contribution is 0.0823.